The lowest BCUT2D eigenvalue weighted by molar-refractivity contribution is -0.394. The summed E-state index contributed by atoms with van der Waals surface area (Å²) in [7, 11) is 0. The maximum atomic E-state index is 12.6. The maximum Gasteiger partial charge on any atom is 0.277 e. The molecule has 36 heavy (non-hydrogen) atoms. The first-order chi connectivity index (χ1) is 17.4. The molecule has 0 radical (unpaired) electrons. The van der Waals surface area contributed by atoms with Crippen LogP contribution in [0.15, 0.2) is 79.1 Å². The fourth-order valence-electron chi connectivity index (χ4n) is 3.49. The van der Waals surface area contributed by atoms with Crippen molar-refractivity contribution < 1.29 is 14.6 Å². The molecule has 3 heterocycles. The van der Waals surface area contributed by atoms with Crippen LogP contribution < -0.4 is 5.32 Å². The zero-order chi connectivity index (χ0) is 25.2. The largest absolute Gasteiger partial charge is 0.322 e. The van der Waals surface area contributed by atoms with E-state index in [0.29, 0.717) is 22.9 Å². The zero-order valence-corrected chi connectivity index (χ0v) is 18.2. The van der Waals surface area contributed by atoms with E-state index in [2.05, 4.69) is 25.6 Å². The third kappa shape index (κ3) is 4.31. The summed E-state index contributed by atoms with van der Waals surface area (Å²) in [6.07, 6.45) is 3.30. The van der Waals surface area contributed by atoms with Crippen molar-refractivity contribution in [3.63, 3.8) is 0 Å². The third-order valence-electron chi connectivity index (χ3n) is 5.23. The van der Waals surface area contributed by atoms with Gasteiger partial charge in [-0.1, -0.05) is 12.1 Å². The molecular formula is C23H14N8O5. The highest BCUT2D eigenvalue weighted by atomic mass is 16.6. The molecule has 176 valence electrons. The molecule has 3 aromatic heterocycles. The number of rotatable bonds is 6. The van der Waals surface area contributed by atoms with Gasteiger partial charge in [-0.15, -0.1) is 10.2 Å². The number of hydrogen-bond acceptors (Lipinski definition) is 9. The summed E-state index contributed by atoms with van der Waals surface area (Å²) < 4.78 is 1.62. The van der Waals surface area contributed by atoms with Gasteiger partial charge in [-0.3, -0.25) is 30.0 Å². The van der Waals surface area contributed by atoms with Crippen LogP contribution in [-0.2, 0) is 0 Å². The van der Waals surface area contributed by atoms with Crippen LogP contribution in [0.5, 0.6) is 0 Å². The van der Waals surface area contributed by atoms with Crippen molar-refractivity contribution in [1.29, 1.82) is 0 Å². The van der Waals surface area contributed by atoms with Crippen LogP contribution >= 0.6 is 0 Å². The Balaban J connectivity index is 1.40. The standard InChI is InChI=1S/C23H14N8O5/c32-23(16-11-18(30(33)34)13-19(12-16)31(35)36)25-17-3-1-14(2-4-17)20-5-6-21-26-27-22(29(21)28-20)15-7-9-24-10-8-15/h1-13H,(H,25,32). The number of hydrogen-bond donors (Lipinski definition) is 1. The number of nitro groups is 2. The van der Waals surface area contributed by atoms with Gasteiger partial charge in [0.15, 0.2) is 11.5 Å². The minimum atomic E-state index is -0.793. The smallest absolute Gasteiger partial charge is 0.277 e. The number of anilines is 1. The van der Waals surface area contributed by atoms with Crippen LogP contribution in [-0.4, -0.2) is 40.5 Å². The number of carbonyl (C=O) groups is 1. The molecule has 0 saturated carbocycles. The average molecular weight is 482 g/mol. The molecule has 13 nitrogen and oxygen atoms in total. The number of carbonyl (C=O) groups excluding carboxylic acids is 1. The number of nitrogens with one attached hydrogen (secondary N) is 1. The summed E-state index contributed by atoms with van der Waals surface area (Å²) in [4.78, 5) is 37.2. The topological polar surface area (TPSA) is 171 Å². The minimum absolute atomic E-state index is 0.205. The van der Waals surface area contributed by atoms with Crippen LogP contribution in [0.2, 0.25) is 0 Å². The van der Waals surface area contributed by atoms with E-state index < -0.39 is 27.1 Å². The SMILES string of the molecule is O=C(Nc1ccc(-c2ccc3nnc(-c4ccncc4)n3n2)cc1)c1cc([N+](=O)[O-])cc([N+](=O)[O-])c1. The van der Waals surface area contributed by atoms with E-state index in [4.69, 9.17) is 0 Å². The van der Waals surface area contributed by atoms with Gasteiger partial charge in [-0.25, -0.2) is 0 Å². The van der Waals surface area contributed by atoms with Crippen molar-refractivity contribution in [3.05, 3.63) is 105 Å². The van der Waals surface area contributed by atoms with Crippen molar-refractivity contribution in [2.45, 2.75) is 0 Å². The molecule has 0 aliphatic rings. The summed E-state index contributed by atoms with van der Waals surface area (Å²) in [5.74, 6) is -0.162. The van der Waals surface area contributed by atoms with Crippen LogP contribution in [0.3, 0.4) is 0 Å². The molecule has 0 spiro atoms. The van der Waals surface area contributed by atoms with E-state index >= 15 is 0 Å². The molecule has 5 aromatic rings. The van der Waals surface area contributed by atoms with Crippen LogP contribution in [0.25, 0.3) is 28.3 Å². The summed E-state index contributed by atoms with van der Waals surface area (Å²) in [6, 6.07) is 16.7. The molecule has 0 aliphatic carbocycles. The summed E-state index contributed by atoms with van der Waals surface area (Å²) in [5.41, 5.74) is 1.84. The lowest BCUT2D eigenvalue weighted by Gasteiger charge is -2.07. The highest BCUT2D eigenvalue weighted by molar-refractivity contribution is 6.05. The number of non-ortho nitro benzene ring substituents is 2. The fourth-order valence-corrected chi connectivity index (χ4v) is 3.49. The minimum Gasteiger partial charge on any atom is -0.322 e. The van der Waals surface area contributed by atoms with E-state index in [0.717, 1.165) is 29.3 Å². The Kier molecular flexibility index (Phi) is 5.54. The molecule has 0 unspecified atom stereocenters. The predicted octanol–water partition coefficient (Wildman–Crippen LogP) is 3.92. The van der Waals surface area contributed by atoms with Gasteiger partial charge in [0, 0.05) is 41.3 Å². The molecule has 2 aromatic carbocycles. The Morgan fingerprint density at radius 2 is 1.47 bits per heavy atom. The maximum absolute atomic E-state index is 12.6. The highest BCUT2D eigenvalue weighted by Crippen LogP contribution is 2.25. The Labute approximate surface area is 201 Å². The second kappa shape index (κ2) is 8.98. The predicted molar refractivity (Wildman–Crippen MR) is 127 cm³/mol. The number of pyridine rings is 1. The molecule has 0 saturated heterocycles. The van der Waals surface area contributed by atoms with Gasteiger partial charge >= 0.3 is 0 Å². The van der Waals surface area contributed by atoms with E-state index in [1.165, 1.54) is 0 Å². The number of aromatic nitrogens is 5. The Morgan fingerprint density at radius 1 is 0.806 bits per heavy atom. The molecule has 1 amide bonds. The quantitative estimate of drug-likeness (QED) is 0.278. The summed E-state index contributed by atoms with van der Waals surface area (Å²) in [5, 5.41) is 37.7. The average Bonchev–Trinajstić information content (AvgIpc) is 3.32. The summed E-state index contributed by atoms with van der Waals surface area (Å²) >= 11 is 0. The fraction of sp³-hybridized carbons (Fsp3) is 0. The second-order valence-corrected chi connectivity index (χ2v) is 7.53. The molecule has 1 N–H and O–H groups in total. The van der Waals surface area contributed by atoms with Gasteiger partial charge in [-0.2, -0.15) is 9.61 Å². The van der Waals surface area contributed by atoms with Gasteiger partial charge in [0.2, 0.25) is 0 Å². The number of nitrogens with zero attached hydrogens (tertiary/aromatic N) is 7. The van der Waals surface area contributed by atoms with Crippen LogP contribution in [0.4, 0.5) is 17.1 Å². The monoisotopic (exact) mass is 482 g/mol. The van der Waals surface area contributed by atoms with Crippen molar-refractivity contribution in [3.8, 4) is 22.6 Å². The van der Waals surface area contributed by atoms with Crippen LogP contribution in [0, 0.1) is 20.2 Å². The lowest BCUT2D eigenvalue weighted by Crippen LogP contribution is -2.12. The Bertz CT molecular complexity index is 1600. The Morgan fingerprint density at radius 3 is 2.11 bits per heavy atom. The van der Waals surface area contributed by atoms with Crippen molar-refractivity contribution >= 4 is 28.6 Å². The molecule has 0 atom stereocenters. The molecular weight excluding hydrogens is 468 g/mol. The first-order valence-electron chi connectivity index (χ1n) is 10.4. The number of nitro benzene ring substituents is 2. The van der Waals surface area contributed by atoms with Crippen molar-refractivity contribution in [2.24, 2.45) is 0 Å². The van der Waals surface area contributed by atoms with E-state index in [1.54, 1.807) is 65.4 Å². The molecule has 13 heteroatoms. The van der Waals surface area contributed by atoms with Gasteiger partial charge in [0.25, 0.3) is 17.3 Å². The Hall–Kier alpha value is -5.59. The molecule has 0 aliphatic heterocycles. The van der Waals surface area contributed by atoms with E-state index in [-0.39, 0.29) is 5.56 Å². The van der Waals surface area contributed by atoms with Gasteiger partial charge < -0.3 is 5.32 Å². The second-order valence-electron chi connectivity index (χ2n) is 7.53. The van der Waals surface area contributed by atoms with Crippen molar-refractivity contribution in [2.75, 3.05) is 5.32 Å². The number of amides is 1. The lowest BCUT2D eigenvalue weighted by atomic mass is 10.1. The van der Waals surface area contributed by atoms with Gasteiger partial charge in [0.05, 0.1) is 27.2 Å². The molecule has 5 rings (SSSR count). The van der Waals surface area contributed by atoms with Gasteiger partial charge in [0.1, 0.15) is 0 Å². The number of fused-ring (bicyclic) bond motifs is 1. The first kappa shape index (κ1) is 22.2. The number of benzene rings is 2. The zero-order valence-electron chi connectivity index (χ0n) is 18.2. The van der Waals surface area contributed by atoms with Crippen molar-refractivity contribution in [1.82, 2.24) is 24.8 Å². The van der Waals surface area contributed by atoms with Crippen LogP contribution in [0.1, 0.15) is 10.4 Å². The summed E-state index contributed by atoms with van der Waals surface area (Å²) in [6.45, 7) is 0. The highest BCUT2D eigenvalue weighted by Gasteiger charge is 2.20. The van der Waals surface area contributed by atoms with E-state index in [9.17, 15) is 25.0 Å². The normalized spacial score (nSPS) is 10.8. The third-order valence-corrected chi connectivity index (χ3v) is 5.23. The first-order valence-corrected chi connectivity index (χ1v) is 10.4. The molecule has 0 fully saturated rings. The van der Waals surface area contributed by atoms with E-state index in [1.807, 2.05) is 0 Å². The molecule has 0 bridgehead atoms. The van der Waals surface area contributed by atoms with Gasteiger partial charge in [-0.05, 0) is 36.4 Å².